The highest BCUT2D eigenvalue weighted by molar-refractivity contribution is 7.13. The van der Waals surface area contributed by atoms with Crippen molar-refractivity contribution in [3.8, 4) is 22.0 Å². The summed E-state index contributed by atoms with van der Waals surface area (Å²) in [7, 11) is 1.61. The highest BCUT2D eigenvalue weighted by Gasteiger charge is 2.10. The molecule has 4 rings (SSSR count). The van der Waals surface area contributed by atoms with Crippen molar-refractivity contribution < 1.29 is 9.53 Å². The third-order valence-electron chi connectivity index (χ3n) is 4.46. The number of hydrogen-bond acceptors (Lipinski definition) is 4. The van der Waals surface area contributed by atoms with Crippen molar-refractivity contribution in [3.63, 3.8) is 0 Å². The van der Waals surface area contributed by atoms with Crippen molar-refractivity contribution in [2.45, 2.75) is 0 Å². The fourth-order valence-electron chi connectivity index (χ4n) is 2.94. The molecule has 0 atom stereocenters. The number of hydrogen-bond donors (Lipinski definition) is 1. The molecule has 5 nitrogen and oxygen atoms in total. The number of nitrogens with zero attached hydrogens (tertiary/aromatic N) is 1. The quantitative estimate of drug-likeness (QED) is 0.372. The van der Waals surface area contributed by atoms with Gasteiger partial charge in [0.2, 0.25) is 0 Å². The van der Waals surface area contributed by atoms with Gasteiger partial charge in [-0.1, -0.05) is 36.4 Å². The number of ketones is 1. The summed E-state index contributed by atoms with van der Waals surface area (Å²) in [5.41, 5.74) is 2.56. The smallest absolute Gasteiger partial charge is 0.330 e. The monoisotopic (exact) mass is 402 g/mol. The van der Waals surface area contributed by atoms with Gasteiger partial charge in [0.1, 0.15) is 5.75 Å². The number of thiophene rings is 1. The first-order chi connectivity index (χ1) is 14.1. The zero-order valence-electron chi connectivity index (χ0n) is 15.7. The molecule has 0 radical (unpaired) electrons. The van der Waals surface area contributed by atoms with E-state index in [1.165, 1.54) is 10.6 Å². The van der Waals surface area contributed by atoms with Crippen molar-refractivity contribution in [2.24, 2.45) is 0 Å². The summed E-state index contributed by atoms with van der Waals surface area (Å²) >= 11 is 1.55. The predicted molar refractivity (Wildman–Crippen MR) is 116 cm³/mol. The zero-order chi connectivity index (χ0) is 20.2. The van der Waals surface area contributed by atoms with E-state index in [1.54, 1.807) is 55.0 Å². The number of H-pyrrole nitrogens is 1. The highest BCUT2D eigenvalue weighted by Crippen LogP contribution is 2.22. The number of aromatic nitrogens is 2. The number of ether oxygens (including phenoxy) is 1. The van der Waals surface area contributed by atoms with Crippen molar-refractivity contribution in [1.29, 1.82) is 0 Å². The van der Waals surface area contributed by atoms with Gasteiger partial charge in [0.05, 0.1) is 23.4 Å². The summed E-state index contributed by atoms with van der Waals surface area (Å²) in [6.45, 7) is 0. The standard InChI is InChI=1S/C23H18N2O3S/c1-28-19-10-7-16(8-11-19)9-12-21(26)17-4-2-5-18(14-17)25-15-20(24-23(25)27)22-6-3-13-29-22/h2-15H,1H3,(H,24,27). The highest BCUT2D eigenvalue weighted by atomic mass is 32.1. The van der Waals surface area contributed by atoms with Crippen LogP contribution in [-0.4, -0.2) is 22.4 Å². The zero-order valence-corrected chi connectivity index (χ0v) is 16.5. The van der Waals surface area contributed by atoms with Crippen LogP contribution in [-0.2, 0) is 0 Å². The van der Waals surface area contributed by atoms with Gasteiger partial charge in [0.15, 0.2) is 5.78 Å². The van der Waals surface area contributed by atoms with Gasteiger partial charge in [0, 0.05) is 11.8 Å². The normalized spacial score (nSPS) is 11.1. The molecular formula is C23H18N2O3S. The number of carbonyl (C=O) groups excluding carboxylic acids is 1. The van der Waals surface area contributed by atoms with E-state index >= 15 is 0 Å². The van der Waals surface area contributed by atoms with Gasteiger partial charge in [-0.3, -0.25) is 9.36 Å². The van der Waals surface area contributed by atoms with Gasteiger partial charge in [-0.05, 0) is 47.4 Å². The van der Waals surface area contributed by atoms with Crippen LogP contribution in [0.25, 0.3) is 22.3 Å². The molecule has 0 amide bonds. The summed E-state index contributed by atoms with van der Waals surface area (Å²) in [6.07, 6.45) is 5.04. The molecule has 4 aromatic rings. The van der Waals surface area contributed by atoms with Crippen LogP contribution in [0.15, 0.2) is 83.1 Å². The summed E-state index contributed by atoms with van der Waals surface area (Å²) < 4.78 is 6.65. The molecule has 1 N–H and O–H groups in total. The van der Waals surface area contributed by atoms with E-state index in [0.29, 0.717) is 11.3 Å². The summed E-state index contributed by atoms with van der Waals surface area (Å²) in [4.78, 5) is 28.8. The van der Waals surface area contributed by atoms with E-state index in [0.717, 1.165) is 21.9 Å². The largest absolute Gasteiger partial charge is 0.497 e. The first-order valence-corrected chi connectivity index (χ1v) is 9.84. The molecular weight excluding hydrogens is 384 g/mol. The number of imidazole rings is 1. The van der Waals surface area contributed by atoms with Crippen LogP contribution in [0.4, 0.5) is 0 Å². The lowest BCUT2D eigenvalue weighted by Crippen LogP contribution is -2.14. The minimum atomic E-state index is -0.244. The Balaban J connectivity index is 1.58. The Labute approximate surface area is 171 Å². The Hall–Kier alpha value is -3.64. The van der Waals surface area contributed by atoms with Crippen molar-refractivity contribution in [3.05, 3.63) is 99.9 Å². The van der Waals surface area contributed by atoms with E-state index < -0.39 is 0 Å². The number of allylic oxidation sites excluding steroid dienone is 1. The number of aromatic amines is 1. The van der Waals surface area contributed by atoms with E-state index in [1.807, 2.05) is 41.8 Å². The molecule has 0 aliphatic carbocycles. The molecule has 6 heteroatoms. The lowest BCUT2D eigenvalue weighted by molar-refractivity contribution is 0.104. The average molecular weight is 402 g/mol. The van der Waals surface area contributed by atoms with Crippen LogP contribution >= 0.6 is 11.3 Å². The number of nitrogens with one attached hydrogen (secondary N) is 1. The molecule has 0 bridgehead atoms. The van der Waals surface area contributed by atoms with Crippen LogP contribution in [0, 0.1) is 0 Å². The second-order valence-electron chi connectivity index (χ2n) is 6.34. The summed E-state index contributed by atoms with van der Waals surface area (Å²) in [5.74, 6) is 0.629. The van der Waals surface area contributed by atoms with Gasteiger partial charge in [-0.25, -0.2) is 4.79 Å². The molecule has 2 aromatic carbocycles. The Bertz CT molecular complexity index is 1220. The minimum Gasteiger partial charge on any atom is -0.497 e. The maximum atomic E-state index is 12.6. The third-order valence-corrected chi connectivity index (χ3v) is 5.36. The van der Waals surface area contributed by atoms with E-state index in [-0.39, 0.29) is 11.5 Å². The number of methoxy groups -OCH3 is 1. The molecule has 0 aliphatic heterocycles. The van der Waals surface area contributed by atoms with E-state index in [2.05, 4.69) is 4.98 Å². The molecule has 0 unspecified atom stereocenters. The van der Waals surface area contributed by atoms with Gasteiger partial charge in [0.25, 0.3) is 0 Å². The Morgan fingerprint density at radius 2 is 1.93 bits per heavy atom. The maximum absolute atomic E-state index is 12.6. The Morgan fingerprint density at radius 3 is 2.66 bits per heavy atom. The van der Waals surface area contributed by atoms with Gasteiger partial charge >= 0.3 is 5.69 Å². The van der Waals surface area contributed by atoms with Crippen LogP contribution < -0.4 is 10.4 Å². The van der Waals surface area contributed by atoms with Crippen molar-refractivity contribution in [2.75, 3.05) is 7.11 Å². The van der Waals surface area contributed by atoms with Gasteiger partial charge < -0.3 is 9.72 Å². The van der Waals surface area contributed by atoms with Gasteiger partial charge in [-0.15, -0.1) is 11.3 Å². The lowest BCUT2D eigenvalue weighted by Gasteiger charge is -2.03. The second-order valence-corrected chi connectivity index (χ2v) is 7.29. The fourth-order valence-corrected chi connectivity index (χ4v) is 3.63. The van der Waals surface area contributed by atoms with E-state index in [9.17, 15) is 9.59 Å². The molecule has 2 heterocycles. The summed E-state index contributed by atoms with van der Waals surface area (Å²) in [6, 6.07) is 18.4. The van der Waals surface area contributed by atoms with Crippen LogP contribution in [0.3, 0.4) is 0 Å². The maximum Gasteiger partial charge on any atom is 0.330 e. The second kappa shape index (κ2) is 8.16. The molecule has 0 fully saturated rings. The van der Waals surface area contributed by atoms with Crippen LogP contribution in [0.1, 0.15) is 15.9 Å². The molecule has 0 spiro atoms. The predicted octanol–water partition coefficient (Wildman–Crippen LogP) is 4.80. The molecule has 2 aromatic heterocycles. The number of carbonyl (C=O) groups is 1. The van der Waals surface area contributed by atoms with Crippen molar-refractivity contribution >= 4 is 23.2 Å². The molecule has 0 saturated carbocycles. The SMILES string of the molecule is COc1ccc(C=CC(=O)c2cccc(-n3cc(-c4cccs4)[nH]c3=O)c2)cc1. The number of benzene rings is 2. The fraction of sp³-hybridized carbons (Fsp3) is 0.0435. The third kappa shape index (κ3) is 4.12. The Kier molecular flexibility index (Phi) is 5.27. The minimum absolute atomic E-state index is 0.135. The lowest BCUT2D eigenvalue weighted by atomic mass is 10.1. The van der Waals surface area contributed by atoms with Crippen molar-refractivity contribution in [1.82, 2.24) is 9.55 Å². The molecule has 29 heavy (non-hydrogen) atoms. The average Bonchev–Trinajstić information content (AvgIpc) is 3.42. The van der Waals surface area contributed by atoms with Crippen LogP contribution in [0.5, 0.6) is 5.75 Å². The molecule has 0 saturated heterocycles. The number of rotatable bonds is 6. The first kappa shape index (κ1) is 18.7. The van der Waals surface area contributed by atoms with Gasteiger partial charge in [-0.2, -0.15) is 0 Å². The molecule has 144 valence electrons. The Morgan fingerprint density at radius 1 is 1.10 bits per heavy atom. The van der Waals surface area contributed by atoms with Crippen LogP contribution in [0.2, 0.25) is 0 Å². The first-order valence-electron chi connectivity index (χ1n) is 8.96. The van der Waals surface area contributed by atoms with E-state index in [4.69, 9.17) is 4.74 Å². The topological polar surface area (TPSA) is 64.1 Å². The molecule has 0 aliphatic rings. The summed E-state index contributed by atoms with van der Waals surface area (Å²) in [5, 5.41) is 1.96.